The molecule has 0 heterocycles. The lowest BCUT2D eigenvalue weighted by atomic mass is 10.2. The SMILES string of the molecule is O=C(O)OCc1ccccc1OP(=O)(O)O. The van der Waals surface area contributed by atoms with E-state index in [0.29, 0.717) is 0 Å². The van der Waals surface area contributed by atoms with Gasteiger partial charge in [-0.25, -0.2) is 9.36 Å². The number of hydrogen-bond donors (Lipinski definition) is 3. The molecule has 0 bridgehead atoms. The van der Waals surface area contributed by atoms with E-state index in [-0.39, 0.29) is 17.9 Å². The minimum absolute atomic E-state index is 0.114. The van der Waals surface area contributed by atoms with E-state index in [1.165, 1.54) is 18.2 Å². The van der Waals surface area contributed by atoms with Gasteiger partial charge in [0.15, 0.2) is 0 Å². The molecule has 0 aliphatic carbocycles. The van der Waals surface area contributed by atoms with Gasteiger partial charge in [0.2, 0.25) is 0 Å². The Hall–Kier alpha value is -1.56. The number of phosphoric ester groups is 1. The third-order valence-corrected chi connectivity index (χ3v) is 1.98. The second-order valence-corrected chi connectivity index (χ2v) is 3.91. The number of hydrogen-bond acceptors (Lipinski definition) is 4. The zero-order valence-corrected chi connectivity index (χ0v) is 8.83. The van der Waals surface area contributed by atoms with Crippen molar-refractivity contribution >= 4 is 14.0 Å². The van der Waals surface area contributed by atoms with Gasteiger partial charge in [-0.05, 0) is 6.07 Å². The maximum atomic E-state index is 10.6. The predicted octanol–water partition coefficient (Wildman–Crippen LogP) is 1.35. The molecule has 0 aromatic heterocycles. The molecule has 16 heavy (non-hydrogen) atoms. The third-order valence-electron chi connectivity index (χ3n) is 1.54. The molecule has 0 fully saturated rings. The van der Waals surface area contributed by atoms with Crippen molar-refractivity contribution in [2.45, 2.75) is 6.61 Å². The molecule has 0 saturated carbocycles. The summed E-state index contributed by atoms with van der Waals surface area (Å²) in [7, 11) is -4.66. The molecule has 0 saturated heterocycles. The minimum atomic E-state index is -4.66. The summed E-state index contributed by atoms with van der Waals surface area (Å²) in [6.45, 7) is -0.342. The number of para-hydroxylation sites is 1. The number of benzene rings is 1. The lowest BCUT2D eigenvalue weighted by Gasteiger charge is -2.10. The summed E-state index contributed by atoms with van der Waals surface area (Å²) in [5, 5.41) is 8.28. The Labute approximate surface area is 90.5 Å². The van der Waals surface area contributed by atoms with Crippen LogP contribution in [-0.2, 0) is 15.9 Å². The van der Waals surface area contributed by atoms with Crippen LogP contribution in [0.4, 0.5) is 4.79 Å². The Kier molecular flexibility index (Phi) is 3.89. The average molecular weight is 248 g/mol. The lowest BCUT2D eigenvalue weighted by molar-refractivity contribution is 0.0849. The van der Waals surface area contributed by atoms with E-state index in [2.05, 4.69) is 9.26 Å². The highest BCUT2D eigenvalue weighted by Crippen LogP contribution is 2.39. The third kappa shape index (κ3) is 4.31. The number of phosphoric acid groups is 1. The van der Waals surface area contributed by atoms with Crippen molar-refractivity contribution in [1.82, 2.24) is 0 Å². The number of ether oxygens (including phenoxy) is 1. The highest BCUT2D eigenvalue weighted by molar-refractivity contribution is 7.46. The molecular weight excluding hydrogens is 239 g/mol. The monoisotopic (exact) mass is 248 g/mol. The molecule has 0 aliphatic heterocycles. The van der Waals surface area contributed by atoms with Crippen LogP contribution in [0.3, 0.4) is 0 Å². The number of carboxylic acid groups (broad SMARTS) is 1. The topological polar surface area (TPSA) is 113 Å². The van der Waals surface area contributed by atoms with E-state index in [4.69, 9.17) is 14.9 Å². The van der Waals surface area contributed by atoms with Crippen molar-refractivity contribution in [1.29, 1.82) is 0 Å². The van der Waals surface area contributed by atoms with Crippen LogP contribution < -0.4 is 4.52 Å². The van der Waals surface area contributed by atoms with Crippen LogP contribution in [0.1, 0.15) is 5.56 Å². The first-order valence-corrected chi connectivity index (χ1v) is 5.60. The zero-order valence-electron chi connectivity index (χ0n) is 7.94. The van der Waals surface area contributed by atoms with Crippen LogP contribution >= 0.6 is 7.82 Å². The maximum absolute atomic E-state index is 10.6. The van der Waals surface area contributed by atoms with Gasteiger partial charge in [0.25, 0.3) is 0 Å². The molecule has 0 atom stereocenters. The van der Waals surface area contributed by atoms with Gasteiger partial charge in [-0.2, -0.15) is 0 Å². The van der Waals surface area contributed by atoms with Crippen molar-refractivity contribution in [2.24, 2.45) is 0 Å². The smallest absolute Gasteiger partial charge is 0.450 e. The molecule has 3 N–H and O–H groups in total. The van der Waals surface area contributed by atoms with Crippen LogP contribution in [0.25, 0.3) is 0 Å². The Morgan fingerprint density at radius 1 is 1.31 bits per heavy atom. The average Bonchev–Trinajstić information content (AvgIpc) is 2.14. The molecule has 0 unspecified atom stereocenters. The van der Waals surface area contributed by atoms with Crippen LogP contribution in [0, 0.1) is 0 Å². The van der Waals surface area contributed by atoms with Crippen molar-refractivity contribution in [2.75, 3.05) is 0 Å². The molecular formula is C8H9O7P. The first-order chi connectivity index (χ1) is 7.38. The summed E-state index contributed by atoms with van der Waals surface area (Å²) in [5.74, 6) is -0.114. The highest BCUT2D eigenvalue weighted by atomic mass is 31.2. The van der Waals surface area contributed by atoms with Gasteiger partial charge in [-0.15, -0.1) is 0 Å². The second-order valence-electron chi connectivity index (χ2n) is 2.74. The maximum Gasteiger partial charge on any atom is 0.524 e. The van der Waals surface area contributed by atoms with Gasteiger partial charge in [0, 0.05) is 5.56 Å². The molecule has 7 nitrogen and oxygen atoms in total. The van der Waals surface area contributed by atoms with Crippen LogP contribution in [0.15, 0.2) is 24.3 Å². The van der Waals surface area contributed by atoms with E-state index in [9.17, 15) is 9.36 Å². The Balaban J connectivity index is 2.83. The second kappa shape index (κ2) is 4.98. The summed E-state index contributed by atoms with van der Waals surface area (Å²) in [6, 6.07) is 5.80. The van der Waals surface area contributed by atoms with Gasteiger partial charge >= 0.3 is 14.0 Å². The van der Waals surface area contributed by atoms with Gasteiger partial charge in [0.05, 0.1) is 0 Å². The summed E-state index contributed by atoms with van der Waals surface area (Å²) in [4.78, 5) is 27.4. The van der Waals surface area contributed by atoms with Gasteiger partial charge < -0.3 is 14.4 Å². The molecule has 0 spiro atoms. The Morgan fingerprint density at radius 3 is 2.50 bits per heavy atom. The molecule has 1 aromatic carbocycles. The fraction of sp³-hybridized carbons (Fsp3) is 0.125. The van der Waals surface area contributed by atoms with E-state index in [1.54, 1.807) is 6.07 Å². The first-order valence-electron chi connectivity index (χ1n) is 4.07. The fourth-order valence-electron chi connectivity index (χ4n) is 0.980. The fourth-order valence-corrected chi connectivity index (χ4v) is 1.41. The molecule has 88 valence electrons. The van der Waals surface area contributed by atoms with Crippen LogP contribution in [0.2, 0.25) is 0 Å². The quantitative estimate of drug-likeness (QED) is 0.544. The largest absolute Gasteiger partial charge is 0.524 e. The van der Waals surface area contributed by atoms with E-state index < -0.39 is 14.0 Å². The van der Waals surface area contributed by atoms with Gasteiger partial charge in [0.1, 0.15) is 12.4 Å². The van der Waals surface area contributed by atoms with Crippen LogP contribution in [0.5, 0.6) is 5.75 Å². The standard InChI is InChI=1S/C8H9O7P/c9-8(10)14-5-6-3-1-2-4-7(6)15-16(11,12)13/h1-4H,5H2,(H,9,10)(H2,11,12,13). The Morgan fingerprint density at radius 2 is 1.94 bits per heavy atom. The summed E-state index contributed by atoms with van der Waals surface area (Å²) < 4.78 is 19.2. The Bertz CT molecular complexity index is 424. The molecule has 8 heteroatoms. The summed E-state index contributed by atoms with van der Waals surface area (Å²) in [6.07, 6.45) is -1.48. The van der Waals surface area contributed by atoms with E-state index in [1.807, 2.05) is 0 Å². The summed E-state index contributed by atoms with van der Waals surface area (Å²) >= 11 is 0. The lowest BCUT2D eigenvalue weighted by Crippen LogP contribution is -2.02. The van der Waals surface area contributed by atoms with Gasteiger partial charge in [-0.1, -0.05) is 18.2 Å². The van der Waals surface area contributed by atoms with E-state index in [0.717, 1.165) is 0 Å². The zero-order chi connectivity index (χ0) is 12.2. The first kappa shape index (κ1) is 12.5. The highest BCUT2D eigenvalue weighted by Gasteiger charge is 2.18. The predicted molar refractivity (Wildman–Crippen MR) is 51.9 cm³/mol. The number of carbonyl (C=O) groups is 1. The van der Waals surface area contributed by atoms with Crippen molar-refractivity contribution in [3.63, 3.8) is 0 Å². The van der Waals surface area contributed by atoms with Crippen molar-refractivity contribution in [3.8, 4) is 5.75 Å². The molecule has 1 rings (SSSR count). The minimum Gasteiger partial charge on any atom is -0.450 e. The summed E-state index contributed by atoms with van der Waals surface area (Å²) in [5.41, 5.74) is 0.230. The van der Waals surface area contributed by atoms with Crippen LogP contribution in [-0.4, -0.2) is 21.0 Å². The molecule has 0 radical (unpaired) electrons. The molecule has 0 amide bonds. The van der Waals surface area contributed by atoms with E-state index >= 15 is 0 Å². The van der Waals surface area contributed by atoms with Crippen molar-refractivity contribution < 1.29 is 33.5 Å². The van der Waals surface area contributed by atoms with Gasteiger partial charge in [-0.3, -0.25) is 9.79 Å². The van der Waals surface area contributed by atoms with Crippen molar-refractivity contribution in [3.05, 3.63) is 29.8 Å². The molecule has 1 aromatic rings. The molecule has 0 aliphatic rings. The normalized spacial score (nSPS) is 10.9. The number of rotatable bonds is 4.